The lowest BCUT2D eigenvalue weighted by molar-refractivity contribution is 0.272. The molecule has 0 spiro atoms. The molecule has 116 valence electrons. The van der Waals surface area contributed by atoms with Crippen molar-refractivity contribution in [2.24, 2.45) is 17.2 Å². The van der Waals surface area contributed by atoms with E-state index in [0.717, 1.165) is 18.7 Å². The topological polar surface area (TPSA) is 68.8 Å². The van der Waals surface area contributed by atoms with Gasteiger partial charge in [0, 0.05) is 18.5 Å². The quantitative estimate of drug-likeness (QED) is 0.595. The summed E-state index contributed by atoms with van der Waals surface area (Å²) >= 11 is 0. The first kappa shape index (κ1) is 17.1. The number of nitrogens with zero attached hydrogens (tertiary/aromatic N) is 3. The maximum atomic E-state index is 5.72. The normalized spacial score (nSPS) is 15.6. The Kier molecular flexibility index (Phi) is 6.14. The van der Waals surface area contributed by atoms with E-state index in [1.807, 2.05) is 4.68 Å². The Balaban J connectivity index is 2.61. The molecule has 5 nitrogen and oxygen atoms in total. The molecule has 3 N–H and O–H groups in total. The van der Waals surface area contributed by atoms with E-state index in [2.05, 4.69) is 57.1 Å². The highest BCUT2D eigenvalue weighted by molar-refractivity contribution is 4.91. The minimum absolute atomic E-state index is 0.244. The minimum atomic E-state index is 0.244. The van der Waals surface area contributed by atoms with E-state index in [1.165, 1.54) is 6.42 Å². The molecule has 0 aliphatic carbocycles. The maximum absolute atomic E-state index is 5.72. The number of hydrogen-bond acceptors (Lipinski definition) is 4. The van der Waals surface area contributed by atoms with Crippen LogP contribution in [0.2, 0.25) is 0 Å². The van der Waals surface area contributed by atoms with Crippen LogP contribution < -0.4 is 11.3 Å². The van der Waals surface area contributed by atoms with Gasteiger partial charge in [0.1, 0.15) is 12.2 Å². The zero-order valence-corrected chi connectivity index (χ0v) is 13.8. The summed E-state index contributed by atoms with van der Waals surface area (Å²) < 4.78 is 1.97. The van der Waals surface area contributed by atoms with Gasteiger partial charge in [-0.1, -0.05) is 27.7 Å². The molecule has 2 atom stereocenters. The Morgan fingerprint density at radius 3 is 2.45 bits per heavy atom. The fraction of sp³-hybridized carbons (Fsp3) is 0.867. The van der Waals surface area contributed by atoms with E-state index < -0.39 is 0 Å². The van der Waals surface area contributed by atoms with Gasteiger partial charge in [0.15, 0.2) is 0 Å². The maximum Gasteiger partial charge on any atom is 0.138 e. The van der Waals surface area contributed by atoms with E-state index >= 15 is 0 Å². The lowest BCUT2D eigenvalue weighted by atomic mass is 9.82. The number of rotatable bonds is 7. The van der Waals surface area contributed by atoms with Gasteiger partial charge in [-0.2, -0.15) is 5.10 Å². The van der Waals surface area contributed by atoms with Crippen LogP contribution in [0.3, 0.4) is 0 Å². The van der Waals surface area contributed by atoms with Crippen molar-refractivity contribution in [1.82, 2.24) is 20.2 Å². The molecule has 0 bridgehead atoms. The number of hydrogen-bond donors (Lipinski definition) is 2. The summed E-state index contributed by atoms with van der Waals surface area (Å²) in [7, 11) is 0. The van der Waals surface area contributed by atoms with Gasteiger partial charge < -0.3 is 0 Å². The summed E-state index contributed by atoms with van der Waals surface area (Å²) in [5.41, 5.74) is 3.30. The van der Waals surface area contributed by atoms with Crippen LogP contribution in [0.4, 0.5) is 0 Å². The van der Waals surface area contributed by atoms with Crippen molar-refractivity contribution in [2.75, 3.05) is 0 Å². The van der Waals surface area contributed by atoms with Gasteiger partial charge in [0.25, 0.3) is 0 Å². The van der Waals surface area contributed by atoms with E-state index in [9.17, 15) is 0 Å². The molecule has 2 unspecified atom stereocenters. The predicted molar refractivity (Wildman–Crippen MR) is 83.1 cm³/mol. The molecule has 1 rings (SSSR count). The average Bonchev–Trinajstić information content (AvgIpc) is 2.73. The van der Waals surface area contributed by atoms with Crippen molar-refractivity contribution < 1.29 is 0 Å². The molecule has 1 aromatic heterocycles. The third-order valence-corrected chi connectivity index (χ3v) is 3.45. The van der Waals surface area contributed by atoms with Gasteiger partial charge in [0.05, 0.1) is 0 Å². The third-order valence-electron chi connectivity index (χ3n) is 3.45. The monoisotopic (exact) mass is 281 g/mol. The number of nitrogens with two attached hydrogens (primary N) is 1. The van der Waals surface area contributed by atoms with Crippen molar-refractivity contribution >= 4 is 0 Å². The third kappa shape index (κ3) is 5.59. The summed E-state index contributed by atoms with van der Waals surface area (Å²) in [5, 5.41) is 4.28. The molecular weight excluding hydrogens is 250 g/mol. The van der Waals surface area contributed by atoms with Gasteiger partial charge in [-0.05, 0) is 38.0 Å². The Morgan fingerprint density at radius 1 is 1.30 bits per heavy atom. The molecule has 0 radical (unpaired) electrons. The molecular formula is C15H31N5. The molecule has 0 aliphatic rings. The minimum Gasteiger partial charge on any atom is -0.271 e. The van der Waals surface area contributed by atoms with Gasteiger partial charge >= 0.3 is 0 Å². The number of hydrazine groups is 1. The Hall–Kier alpha value is -0.940. The smallest absolute Gasteiger partial charge is 0.138 e. The molecule has 5 heteroatoms. The highest BCUT2D eigenvalue weighted by Crippen LogP contribution is 2.27. The lowest BCUT2D eigenvalue weighted by Crippen LogP contribution is -2.39. The Labute approximate surface area is 123 Å². The van der Waals surface area contributed by atoms with E-state index in [1.54, 1.807) is 6.33 Å². The van der Waals surface area contributed by atoms with Gasteiger partial charge in [0.2, 0.25) is 0 Å². The van der Waals surface area contributed by atoms with Crippen LogP contribution >= 0.6 is 0 Å². The fourth-order valence-corrected chi connectivity index (χ4v) is 2.90. The van der Waals surface area contributed by atoms with Crippen molar-refractivity contribution in [3.63, 3.8) is 0 Å². The van der Waals surface area contributed by atoms with Crippen LogP contribution in [0.1, 0.15) is 66.3 Å². The second-order valence-corrected chi connectivity index (χ2v) is 7.39. The molecule has 1 heterocycles. The standard InChI is InChI=1S/C15H31N5/c1-11(2)20-14(17-10-18-20)8-13(19-16)7-12(3)9-15(4,5)6/h10-13,19H,7-9,16H2,1-6H3. The predicted octanol–water partition coefficient (Wildman–Crippen LogP) is 2.70. The van der Waals surface area contributed by atoms with Crippen LogP contribution in [0.25, 0.3) is 0 Å². The van der Waals surface area contributed by atoms with Crippen LogP contribution in [0.5, 0.6) is 0 Å². The highest BCUT2D eigenvalue weighted by Gasteiger charge is 2.20. The second kappa shape index (κ2) is 7.18. The average molecular weight is 281 g/mol. The van der Waals surface area contributed by atoms with Crippen LogP contribution in [-0.2, 0) is 6.42 Å². The molecule has 20 heavy (non-hydrogen) atoms. The molecule has 0 fully saturated rings. The number of aromatic nitrogens is 3. The van der Waals surface area contributed by atoms with Crippen molar-refractivity contribution in [2.45, 2.75) is 72.9 Å². The lowest BCUT2D eigenvalue weighted by Gasteiger charge is -2.26. The van der Waals surface area contributed by atoms with Crippen LogP contribution in [-0.4, -0.2) is 20.8 Å². The van der Waals surface area contributed by atoms with E-state index in [-0.39, 0.29) is 6.04 Å². The van der Waals surface area contributed by atoms with E-state index in [4.69, 9.17) is 5.84 Å². The zero-order chi connectivity index (χ0) is 15.3. The molecule has 0 saturated heterocycles. The molecule has 0 aromatic carbocycles. The molecule has 1 aromatic rings. The Morgan fingerprint density at radius 2 is 1.95 bits per heavy atom. The molecule has 0 aliphatic heterocycles. The summed E-state index contributed by atoms with van der Waals surface area (Å²) in [6.45, 7) is 13.4. The molecule has 0 amide bonds. The summed E-state index contributed by atoms with van der Waals surface area (Å²) in [5.74, 6) is 7.36. The van der Waals surface area contributed by atoms with Crippen LogP contribution in [0, 0.1) is 11.3 Å². The first-order valence-corrected chi connectivity index (χ1v) is 7.57. The second-order valence-electron chi connectivity index (χ2n) is 7.39. The summed E-state index contributed by atoms with van der Waals surface area (Å²) in [4.78, 5) is 4.36. The van der Waals surface area contributed by atoms with Crippen molar-refractivity contribution in [3.05, 3.63) is 12.2 Å². The van der Waals surface area contributed by atoms with Crippen molar-refractivity contribution in [3.8, 4) is 0 Å². The largest absolute Gasteiger partial charge is 0.271 e. The van der Waals surface area contributed by atoms with Gasteiger partial charge in [-0.3, -0.25) is 11.3 Å². The van der Waals surface area contributed by atoms with Gasteiger partial charge in [-0.25, -0.2) is 9.67 Å². The Bertz CT molecular complexity index is 391. The summed E-state index contributed by atoms with van der Waals surface area (Å²) in [6.07, 6.45) is 4.70. The fourth-order valence-electron chi connectivity index (χ4n) is 2.90. The summed E-state index contributed by atoms with van der Waals surface area (Å²) in [6, 6.07) is 0.576. The first-order chi connectivity index (χ1) is 9.23. The zero-order valence-electron chi connectivity index (χ0n) is 13.8. The highest BCUT2D eigenvalue weighted by atomic mass is 15.3. The molecule has 0 saturated carbocycles. The van der Waals surface area contributed by atoms with Crippen LogP contribution in [0.15, 0.2) is 6.33 Å². The van der Waals surface area contributed by atoms with Gasteiger partial charge in [-0.15, -0.1) is 0 Å². The van der Waals surface area contributed by atoms with Crippen molar-refractivity contribution in [1.29, 1.82) is 0 Å². The van der Waals surface area contributed by atoms with E-state index in [0.29, 0.717) is 17.4 Å². The SMILES string of the molecule is CC(CC(Cc1ncnn1C(C)C)NN)CC(C)(C)C. The first-order valence-electron chi connectivity index (χ1n) is 7.57. The number of nitrogens with one attached hydrogen (secondary N) is 1.